The van der Waals surface area contributed by atoms with Crippen LogP contribution in [0, 0.1) is 5.92 Å². The predicted octanol–water partition coefficient (Wildman–Crippen LogP) is 1.72. The summed E-state index contributed by atoms with van der Waals surface area (Å²) >= 11 is 0. The molecular formula is C12H25NO3. The lowest BCUT2D eigenvalue weighted by Crippen LogP contribution is -2.25. The molecule has 0 bridgehead atoms. The Kier molecular flexibility index (Phi) is 7.34. The van der Waals surface area contributed by atoms with Crippen molar-refractivity contribution < 1.29 is 14.3 Å². The number of esters is 1. The molecule has 0 aromatic carbocycles. The Balaban J connectivity index is 3.59. The van der Waals surface area contributed by atoms with Gasteiger partial charge in [0.1, 0.15) is 0 Å². The topological polar surface area (TPSA) is 61.5 Å². The van der Waals surface area contributed by atoms with Crippen LogP contribution in [-0.2, 0) is 14.3 Å². The summed E-state index contributed by atoms with van der Waals surface area (Å²) in [7, 11) is 1.66. The molecule has 4 heteroatoms. The summed E-state index contributed by atoms with van der Waals surface area (Å²) in [4.78, 5) is 11.3. The van der Waals surface area contributed by atoms with Crippen LogP contribution in [0.2, 0.25) is 0 Å². The Bertz CT molecular complexity index is 204. The van der Waals surface area contributed by atoms with Crippen LogP contribution in [0.15, 0.2) is 0 Å². The van der Waals surface area contributed by atoms with Gasteiger partial charge < -0.3 is 15.2 Å². The number of methoxy groups -OCH3 is 1. The van der Waals surface area contributed by atoms with Gasteiger partial charge in [0.25, 0.3) is 0 Å². The highest BCUT2D eigenvalue weighted by Gasteiger charge is 2.16. The van der Waals surface area contributed by atoms with Crippen LogP contribution < -0.4 is 5.73 Å². The first-order chi connectivity index (χ1) is 7.41. The summed E-state index contributed by atoms with van der Waals surface area (Å²) in [6.07, 6.45) is 1.95. The van der Waals surface area contributed by atoms with E-state index in [1.54, 1.807) is 7.11 Å². The zero-order chi connectivity index (χ0) is 12.6. The van der Waals surface area contributed by atoms with Gasteiger partial charge in [0.15, 0.2) is 0 Å². The molecule has 2 N–H and O–H groups in total. The number of carbonyl (C=O) groups is 1. The minimum Gasteiger partial charge on any atom is -0.466 e. The third kappa shape index (κ3) is 7.65. The molecule has 96 valence electrons. The second-order valence-electron chi connectivity index (χ2n) is 4.81. The normalized spacial score (nSPS) is 13.6. The summed E-state index contributed by atoms with van der Waals surface area (Å²) in [5, 5.41) is 0. The lowest BCUT2D eigenvalue weighted by atomic mass is 10.1. The van der Waals surface area contributed by atoms with Crippen LogP contribution >= 0.6 is 0 Å². The van der Waals surface area contributed by atoms with Gasteiger partial charge in [-0.2, -0.15) is 0 Å². The van der Waals surface area contributed by atoms with Gasteiger partial charge in [0, 0.05) is 20.0 Å². The third-order valence-electron chi connectivity index (χ3n) is 2.76. The molecule has 0 fully saturated rings. The number of hydrogen-bond donors (Lipinski definition) is 1. The monoisotopic (exact) mass is 231 g/mol. The number of carbonyl (C=O) groups excluding carboxylic acids is 1. The Morgan fingerprint density at radius 2 is 2.06 bits per heavy atom. The molecule has 0 aromatic rings. The van der Waals surface area contributed by atoms with E-state index in [1.165, 1.54) is 0 Å². The second kappa shape index (κ2) is 7.63. The van der Waals surface area contributed by atoms with Crippen molar-refractivity contribution >= 4 is 5.97 Å². The summed E-state index contributed by atoms with van der Waals surface area (Å²) in [6.45, 7) is 7.00. The third-order valence-corrected chi connectivity index (χ3v) is 2.76. The van der Waals surface area contributed by atoms with Crippen molar-refractivity contribution in [1.29, 1.82) is 0 Å². The van der Waals surface area contributed by atoms with E-state index < -0.39 is 0 Å². The van der Waals surface area contributed by atoms with Crippen molar-refractivity contribution in [1.82, 2.24) is 0 Å². The van der Waals surface area contributed by atoms with E-state index in [4.69, 9.17) is 15.2 Å². The van der Waals surface area contributed by atoms with E-state index in [1.807, 2.05) is 20.8 Å². The SMILES string of the molecule is COC(C)(C)CCOC(=O)CCC(C)CN. The summed E-state index contributed by atoms with van der Waals surface area (Å²) in [5.41, 5.74) is 5.23. The minimum atomic E-state index is -0.231. The molecule has 0 heterocycles. The Morgan fingerprint density at radius 3 is 2.56 bits per heavy atom. The van der Waals surface area contributed by atoms with Crippen molar-refractivity contribution in [3.63, 3.8) is 0 Å². The molecule has 16 heavy (non-hydrogen) atoms. The fourth-order valence-electron chi connectivity index (χ4n) is 1.07. The highest BCUT2D eigenvalue weighted by molar-refractivity contribution is 5.69. The van der Waals surface area contributed by atoms with Crippen LogP contribution in [0.1, 0.15) is 40.0 Å². The molecule has 4 nitrogen and oxygen atoms in total. The van der Waals surface area contributed by atoms with Gasteiger partial charge in [-0.05, 0) is 32.7 Å². The molecule has 1 unspecified atom stereocenters. The van der Waals surface area contributed by atoms with Crippen molar-refractivity contribution in [2.45, 2.75) is 45.6 Å². The molecule has 0 aliphatic heterocycles. The number of rotatable bonds is 8. The maximum Gasteiger partial charge on any atom is 0.305 e. The molecule has 1 atom stereocenters. The predicted molar refractivity (Wildman–Crippen MR) is 64.1 cm³/mol. The average molecular weight is 231 g/mol. The van der Waals surface area contributed by atoms with Crippen LogP contribution in [0.4, 0.5) is 0 Å². The highest BCUT2D eigenvalue weighted by Crippen LogP contribution is 2.13. The van der Waals surface area contributed by atoms with Gasteiger partial charge in [0.2, 0.25) is 0 Å². The van der Waals surface area contributed by atoms with Crippen molar-refractivity contribution in [3.8, 4) is 0 Å². The molecule has 0 rings (SSSR count). The van der Waals surface area contributed by atoms with E-state index in [9.17, 15) is 4.79 Å². The zero-order valence-electron chi connectivity index (χ0n) is 10.9. The van der Waals surface area contributed by atoms with Gasteiger partial charge in [-0.15, -0.1) is 0 Å². The maximum atomic E-state index is 11.3. The summed E-state index contributed by atoms with van der Waals surface area (Å²) in [5.74, 6) is 0.232. The lowest BCUT2D eigenvalue weighted by molar-refractivity contribution is -0.145. The first kappa shape index (κ1) is 15.4. The van der Waals surface area contributed by atoms with E-state index in [2.05, 4.69) is 0 Å². The minimum absolute atomic E-state index is 0.146. The smallest absolute Gasteiger partial charge is 0.305 e. The standard InChI is InChI=1S/C12H25NO3/c1-10(9-13)5-6-11(14)16-8-7-12(2,3)15-4/h10H,5-9,13H2,1-4H3. The van der Waals surface area contributed by atoms with Gasteiger partial charge in [-0.1, -0.05) is 6.92 Å². The van der Waals surface area contributed by atoms with E-state index in [0.717, 1.165) is 6.42 Å². The van der Waals surface area contributed by atoms with E-state index >= 15 is 0 Å². The molecule has 0 aliphatic rings. The largest absolute Gasteiger partial charge is 0.466 e. The van der Waals surface area contributed by atoms with Gasteiger partial charge >= 0.3 is 5.97 Å². The quantitative estimate of drug-likeness (QED) is 0.646. The fraction of sp³-hybridized carbons (Fsp3) is 0.917. The fourth-order valence-corrected chi connectivity index (χ4v) is 1.07. The molecule has 0 saturated carbocycles. The molecular weight excluding hydrogens is 206 g/mol. The van der Waals surface area contributed by atoms with E-state index in [0.29, 0.717) is 31.9 Å². The average Bonchev–Trinajstić information content (AvgIpc) is 2.25. The molecule has 0 radical (unpaired) electrons. The molecule has 0 saturated heterocycles. The number of nitrogens with two attached hydrogens (primary N) is 1. The number of hydrogen-bond acceptors (Lipinski definition) is 4. The van der Waals surface area contributed by atoms with Crippen LogP contribution in [0.25, 0.3) is 0 Å². The molecule has 0 spiro atoms. The first-order valence-corrected chi connectivity index (χ1v) is 5.82. The zero-order valence-corrected chi connectivity index (χ0v) is 10.9. The van der Waals surface area contributed by atoms with Crippen molar-refractivity contribution in [2.75, 3.05) is 20.3 Å². The molecule has 0 amide bonds. The van der Waals surface area contributed by atoms with Crippen molar-refractivity contribution in [3.05, 3.63) is 0 Å². The van der Waals surface area contributed by atoms with Crippen LogP contribution in [-0.4, -0.2) is 31.8 Å². The van der Waals surface area contributed by atoms with Crippen LogP contribution in [0.5, 0.6) is 0 Å². The second-order valence-corrected chi connectivity index (χ2v) is 4.81. The molecule has 0 aliphatic carbocycles. The summed E-state index contributed by atoms with van der Waals surface area (Å²) in [6, 6.07) is 0. The van der Waals surface area contributed by atoms with Gasteiger partial charge in [0.05, 0.1) is 12.2 Å². The van der Waals surface area contributed by atoms with Gasteiger partial charge in [-0.3, -0.25) is 4.79 Å². The first-order valence-electron chi connectivity index (χ1n) is 5.82. The van der Waals surface area contributed by atoms with Gasteiger partial charge in [-0.25, -0.2) is 0 Å². The van der Waals surface area contributed by atoms with Crippen LogP contribution in [0.3, 0.4) is 0 Å². The summed E-state index contributed by atoms with van der Waals surface area (Å²) < 4.78 is 10.3. The maximum absolute atomic E-state index is 11.3. The van der Waals surface area contributed by atoms with E-state index in [-0.39, 0.29) is 11.6 Å². The van der Waals surface area contributed by atoms with Crippen molar-refractivity contribution in [2.24, 2.45) is 11.7 Å². The Hall–Kier alpha value is -0.610. The lowest BCUT2D eigenvalue weighted by Gasteiger charge is -2.22. The molecule has 0 aromatic heterocycles. The Morgan fingerprint density at radius 1 is 1.44 bits per heavy atom. The Labute approximate surface area is 98.5 Å². The number of ether oxygens (including phenoxy) is 2. The highest BCUT2D eigenvalue weighted by atomic mass is 16.5.